The highest BCUT2D eigenvalue weighted by Gasteiger charge is 2.07. The Morgan fingerprint density at radius 2 is 1.89 bits per heavy atom. The van der Waals surface area contributed by atoms with Crippen LogP contribution >= 0.6 is 23.7 Å². The number of thiazole rings is 1. The number of hydrogen-bond donors (Lipinski definition) is 2. The van der Waals surface area contributed by atoms with Gasteiger partial charge in [-0.1, -0.05) is 12.1 Å². The molecule has 3 nitrogen and oxygen atoms in total. The molecule has 0 fully saturated rings. The molecule has 1 heterocycles. The first-order valence-corrected chi connectivity index (χ1v) is 6.00. The molecule has 0 atom stereocenters. The summed E-state index contributed by atoms with van der Waals surface area (Å²) in [7, 11) is 0. The van der Waals surface area contributed by atoms with Crippen LogP contribution in [0, 0.1) is 0 Å². The summed E-state index contributed by atoms with van der Waals surface area (Å²) < 4.78 is 1.15. The van der Waals surface area contributed by atoms with Gasteiger partial charge in [0.25, 0.3) is 0 Å². The number of aromatic hydroxyl groups is 1. The number of fused-ring (bicyclic) bond motifs is 1. The third kappa shape index (κ3) is 2.12. The number of nitrogens with two attached hydrogens (primary N) is 1. The van der Waals surface area contributed by atoms with Crippen LogP contribution in [0.3, 0.4) is 0 Å². The summed E-state index contributed by atoms with van der Waals surface area (Å²) >= 11 is 1.62. The lowest BCUT2D eigenvalue weighted by Gasteiger charge is -2.00. The summed E-state index contributed by atoms with van der Waals surface area (Å²) in [4.78, 5) is 4.54. The van der Waals surface area contributed by atoms with E-state index in [0.717, 1.165) is 20.8 Å². The lowest BCUT2D eigenvalue weighted by atomic mass is 10.2. The van der Waals surface area contributed by atoms with Crippen LogP contribution < -0.4 is 5.73 Å². The zero-order valence-electron chi connectivity index (χ0n) is 9.33. The van der Waals surface area contributed by atoms with E-state index in [4.69, 9.17) is 5.73 Å². The molecule has 0 saturated carbocycles. The second-order valence-electron chi connectivity index (χ2n) is 3.76. The predicted octanol–water partition coefficient (Wildman–Crippen LogP) is 3.67. The van der Waals surface area contributed by atoms with Crippen molar-refractivity contribution >= 4 is 39.6 Å². The number of phenolic OH excluding ortho intramolecular Hbond substituents is 1. The second-order valence-corrected chi connectivity index (χ2v) is 4.79. The molecule has 0 aliphatic heterocycles. The molecular formula is C13H11ClN2OS. The van der Waals surface area contributed by atoms with Crippen LogP contribution in [0.1, 0.15) is 0 Å². The van der Waals surface area contributed by atoms with Gasteiger partial charge in [0.2, 0.25) is 0 Å². The normalized spacial score (nSPS) is 10.2. The number of rotatable bonds is 1. The molecule has 0 bridgehead atoms. The largest absolute Gasteiger partial charge is 0.506 e. The quantitative estimate of drug-likeness (QED) is 0.527. The highest BCUT2D eigenvalue weighted by atomic mass is 35.5. The van der Waals surface area contributed by atoms with Crippen molar-refractivity contribution in [3.8, 4) is 16.3 Å². The van der Waals surface area contributed by atoms with Gasteiger partial charge < -0.3 is 10.8 Å². The number of aromatic nitrogens is 1. The van der Waals surface area contributed by atoms with E-state index in [1.807, 2.05) is 30.3 Å². The van der Waals surface area contributed by atoms with Crippen LogP contribution in [0.2, 0.25) is 0 Å². The molecule has 0 amide bonds. The Balaban J connectivity index is 0.00000120. The number of nitrogen functional groups attached to an aromatic ring is 1. The molecule has 0 aliphatic rings. The molecule has 3 N–H and O–H groups in total. The van der Waals surface area contributed by atoms with Crippen molar-refractivity contribution in [1.29, 1.82) is 0 Å². The summed E-state index contributed by atoms with van der Waals surface area (Å²) in [5, 5.41) is 10.3. The van der Waals surface area contributed by atoms with Gasteiger partial charge in [-0.15, -0.1) is 23.7 Å². The molecular weight excluding hydrogens is 268 g/mol. The monoisotopic (exact) mass is 278 g/mol. The first-order chi connectivity index (χ1) is 8.24. The summed E-state index contributed by atoms with van der Waals surface area (Å²) in [5.74, 6) is 0.106. The van der Waals surface area contributed by atoms with Gasteiger partial charge in [-0.2, -0.15) is 0 Å². The van der Waals surface area contributed by atoms with Crippen molar-refractivity contribution in [1.82, 2.24) is 4.98 Å². The van der Waals surface area contributed by atoms with Crippen molar-refractivity contribution < 1.29 is 5.11 Å². The average molecular weight is 279 g/mol. The maximum absolute atomic E-state index is 9.39. The highest BCUT2D eigenvalue weighted by molar-refractivity contribution is 7.21. The van der Waals surface area contributed by atoms with E-state index in [1.54, 1.807) is 23.5 Å². The van der Waals surface area contributed by atoms with Crippen LogP contribution in [-0.4, -0.2) is 10.1 Å². The van der Waals surface area contributed by atoms with Crippen LogP contribution in [0.15, 0.2) is 42.5 Å². The third-order valence-corrected chi connectivity index (χ3v) is 3.65. The molecule has 3 rings (SSSR count). The summed E-state index contributed by atoms with van der Waals surface area (Å²) in [6, 6.07) is 13.2. The van der Waals surface area contributed by atoms with Gasteiger partial charge in [0, 0.05) is 5.56 Å². The molecule has 18 heavy (non-hydrogen) atoms. The molecule has 2 aromatic carbocycles. The Morgan fingerprint density at radius 1 is 1.11 bits per heavy atom. The standard InChI is InChI=1S/C13H10N2OS.ClH/c14-9-7-8(5-6-11(9)16)13-15-10-3-1-2-4-12(10)17-13;/h1-7,16H,14H2;1H. The topological polar surface area (TPSA) is 59.1 Å². The molecule has 0 radical (unpaired) electrons. The fourth-order valence-corrected chi connectivity index (χ4v) is 2.65. The molecule has 0 unspecified atom stereocenters. The minimum atomic E-state index is 0. The first kappa shape index (κ1) is 12.7. The van der Waals surface area contributed by atoms with E-state index in [0.29, 0.717) is 5.69 Å². The number of halogens is 1. The minimum absolute atomic E-state index is 0. The molecule has 5 heteroatoms. The number of hydrogen-bond acceptors (Lipinski definition) is 4. The first-order valence-electron chi connectivity index (χ1n) is 5.18. The van der Waals surface area contributed by atoms with E-state index in [-0.39, 0.29) is 18.2 Å². The Hall–Kier alpha value is -1.78. The predicted molar refractivity (Wildman–Crippen MR) is 78.4 cm³/mol. The molecule has 0 aliphatic carbocycles. The number of para-hydroxylation sites is 1. The van der Waals surface area contributed by atoms with Crippen molar-refractivity contribution in [2.75, 3.05) is 5.73 Å². The Bertz CT molecular complexity index is 663. The lowest BCUT2D eigenvalue weighted by molar-refractivity contribution is 0.478. The summed E-state index contributed by atoms with van der Waals surface area (Å²) in [6.45, 7) is 0. The molecule has 3 aromatic rings. The SMILES string of the molecule is Cl.Nc1cc(-c2nc3ccccc3s2)ccc1O. The van der Waals surface area contributed by atoms with Crippen molar-refractivity contribution in [3.05, 3.63) is 42.5 Å². The number of nitrogens with zero attached hydrogens (tertiary/aromatic N) is 1. The zero-order chi connectivity index (χ0) is 11.8. The van der Waals surface area contributed by atoms with Crippen LogP contribution in [-0.2, 0) is 0 Å². The van der Waals surface area contributed by atoms with E-state index in [2.05, 4.69) is 4.98 Å². The van der Waals surface area contributed by atoms with Gasteiger partial charge in [0.05, 0.1) is 15.9 Å². The third-order valence-electron chi connectivity index (χ3n) is 2.57. The van der Waals surface area contributed by atoms with Crippen LogP contribution in [0.4, 0.5) is 5.69 Å². The minimum Gasteiger partial charge on any atom is -0.506 e. The van der Waals surface area contributed by atoms with E-state index < -0.39 is 0 Å². The molecule has 0 saturated heterocycles. The van der Waals surface area contributed by atoms with Gasteiger partial charge in [0.15, 0.2) is 0 Å². The zero-order valence-corrected chi connectivity index (χ0v) is 11.0. The van der Waals surface area contributed by atoms with Gasteiger partial charge in [0.1, 0.15) is 10.8 Å². The lowest BCUT2D eigenvalue weighted by Crippen LogP contribution is -1.86. The average Bonchev–Trinajstić information content (AvgIpc) is 2.76. The van der Waals surface area contributed by atoms with Gasteiger partial charge in [-0.05, 0) is 30.3 Å². The second kappa shape index (κ2) is 4.84. The number of benzene rings is 2. The smallest absolute Gasteiger partial charge is 0.138 e. The summed E-state index contributed by atoms with van der Waals surface area (Å²) in [6.07, 6.45) is 0. The van der Waals surface area contributed by atoms with Gasteiger partial charge in [-0.3, -0.25) is 0 Å². The fourth-order valence-electron chi connectivity index (χ4n) is 1.68. The van der Waals surface area contributed by atoms with Gasteiger partial charge in [-0.25, -0.2) is 4.98 Å². The maximum atomic E-state index is 9.39. The van der Waals surface area contributed by atoms with E-state index in [9.17, 15) is 5.11 Å². The Morgan fingerprint density at radius 3 is 2.61 bits per heavy atom. The van der Waals surface area contributed by atoms with E-state index in [1.165, 1.54) is 0 Å². The molecule has 1 aromatic heterocycles. The van der Waals surface area contributed by atoms with E-state index >= 15 is 0 Å². The van der Waals surface area contributed by atoms with Crippen molar-refractivity contribution in [3.63, 3.8) is 0 Å². The summed E-state index contributed by atoms with van der Waals surface area (Å²) in [5.41, 5.74) is 7.97. The van der Waals surface area contributed by atoms with Crippen LogP contribution in [0.5, 0.6) is 5.75 Å². The highest BCUT2D eigenvalue weighted by Crippen LogP contribution is 2.32. The molecule has 0 spiro atoms. The number of anilines is 1. The molecule has 92 valence electrons. The fraction of sp³-hybridized carbons (Fsp3) is 0. The van der Waals surface area contributed by atoms with Crippen LogP contribution in [0.25, 0.3) is 20.8 Å². The Labute approximate surface area is 114 Å². The number of phenols is 1. The maximum Gasteiger partial charge on any atom is 0.138 e. The van der Waals surface area contributed by atoms with Crippen molar-refractivity contribution in [2.45, 2.75) is 0 Å². The van der Waals surface area contributed by atoms with Crippen molar-refractivity contribution in [2.24, 2.45) is 0 Å². The Kier molecular flexibility index (Phi) is 3.41. The van der Waals surface area contributed by atoms with Gasteiger partial charge >= 0.3 is 0 Å².